The minimum Gasteiger partial charge on any atom is -0.376 e. The highest BCUT2D eigenvalue weighted by atomic mass is 32.1. The summed E-state index contributed by atoms with van der Waals surface area (Å²) in [5.41, 5.74) is 3.20. The van der Waals surface area contributed by atoms with Crippen LogP contribution in [-0.2, 0) is 17.8 Å². The van der Waals surface area contributed by atoms with E-state index in [0.717, 1.165) is 49.4 Å². The molecule has 2 aromatic heterocycles. The largest absolute Gasteiger partial charge is 0.376 e. The van der Waals surface area contributed by atoms with Crippen molar-refractivity contribution in [3.63, 3.8) is 0 Å². The third-order valence-corrected chi connectivity index (χ3v) is 6.16. The number of aromatic nitrogens is 4. The molecule has 0 unspecified atom stereocenters. The zero-order chi connectivity index (χ0) is 18.2. The molecule has 0 radical (unpaired) electrons. The maximum absolute atomic E-state index is 12.5. The van der Waals surface area contributed by atoms with Crippen LogP contribution in [0.15, 0.2) is 35.7 Å². The number of amides is 1. The molecule has 0 bridgehead atoms. The molecule has 1 N–H and O–H groups in total. The van der Waals surface area contributed by atoms with Crippen LogP contribution in [0.3, 0.4) is 0 Å². The maximum Gasteiger partial charge on any atom is 0.242 e. The third-order valence-electron chi connectivity index (χ3n) is 5.13. The first kappa shape index (κ1) is 16.4. The molecule has 138 valence electrons. The fourth-order valence-corrected chi connectivity index (χ4v) is 4.33. The van der Waals surface area contributed by atoms with Crippen LogP contribution in [0, 0.1) is 0 Å². The van der Waals surface area contributed by atoms with Gasteiger partial charge in [-0.3, -0.25) is 4.79 Å². The maximum atomic E-state index is 12.5. The lowest BCUT2D eigenvalue weighted by molar-refractivity contribution is -0.130. The van der Waals surface area contributed by atoms with E-state index in [0.29, 0.717) is 12.6 Å². The van der Waals surface area contributed by atoms with Gasteiger partial charge in [0.15, 0.2) is 5.82 Å². The normalized spacial score (nSPS) is 16.2. The minimum absolute atomic E-state index is 0.133. The van der Waals surface area contributed by atoms with E-state index in [1.165, 1.54) is 10.4 Å². The molecular weight excluding hydrogens is 360 g/mol. The highest BCUT2D eigenvalue weighted by Crippen LogP contribution is 2.36. The smallest absolute Gasteiger partial charge is 0.242 e. The van der Waals surface area contributed by atoms with Crippen molar-refractivity contribution >= 4 is 22.9 Å². The van der Waals surface area contributed by atoms with Crippen molar-refractivity contribution in [2.45, 2.75) is 31.8 Å². The molecule has 27 heavy (non-hydrogen) atoms. The number of carbonyl (C=O) groups excluding carboxylic acids is 1. The van der Waals surface area contributed by atoms with Crippen LogP contribution in [0.4, 0.5) is 5.69 Å². The van der Waals surface area contributed by atoms with Crippen molar-refractivity contribution in [2.75, 3.05) is 18.4 Å². The van der Waals surface area contributed by atoms with E-state index in [1.807, 2.05) is 33.8 Å². The molecule has 1 amide bonds. The molecule has 1 fully saturated rings. The fourth-order valence-electron chi connectivity index (χ4n) is 3.44. The molecule has 0 spiro atoms. The molecule has 3 heterocycles. The first-order chi connectivity index (χ1) is 13.3. The number of tetrazole rings is 1. The molecule has 8 heteroatoms. The van der Waals surface area contributed by atoms with Gasteiger partial charge in [-0.25, -0.2) is 4.68 Å². The van der Waals surface area contributed by atoms with E-state index in [9.17, 15) is 4.79 Å². The predicted molar refractivity (Wildman–Crippen MR) is 103 cm³/mol. The van der Waals surface area contributed by atoms with Gasteiger partial charge in [-0.2, -0.15) is 0 Å². The summed E-state index contributed by atoms with van der Waals surface area (Å²) in [4.78, 5) is 15.9. The van der Waals surface area contributed by atoms with Crippen molar-refractivity contribution in [1.29, 1.82) is 0 Å². The summed E-state index contributed by atoms with van der Waals surface area (Å²) in [5, 5.41) is 17.4. The molecule has 1 aliphatic heterocycles. The number of nitrogens with zero attached hydrogens (tertiary/aromatic N) is 5. The lowest BCUT2D eigenvalue weighted by Crippen LogP contribution is -2.38. The summed E-state index contributed by atoms with van der Waals surface area (Å²) in [7, 11) is 0. The van der Waals surface area contributed by atoms with E-state index >= 15 is 0 Å². The Morgan fingerprint density at radius 1 is 1.22 bits per heavy atom. The average molecular weight is 380 g/mol. The van der Waals surface area contributed by atoms with Crippen LogP contribution in [0.2, 0.25) is 0 Å². The Hall–Kier alpha value is -2.74. The van der Waals surface area contributed by atoms with Gasteiger partial charge in [0, 0.05) is 29.2 Å². The van der Waals surface area contributed by atoms with Gasteiger partial charge < -0.3 is 10.2 Å². The van der Waals surface area contributed by atoms with Gasteiger partial charge in [-0.05, 0) is 71.0 Å². The van der Waals surface area contributed by atoms with Crippen LogP contribution < -0.4 is 5.32 Å². The Morgan fingerprint density at radius 3 is 2.89 bits per heavy atom. The summed E-state index contributed by atoms with van der Waals surface area (Å²) < 4.78 is 1.90. The number of benzene rings is 1. The van der Waals surface area contributed by atoms with Crippen molar-refractivity contribution in [2.24, 2.45) is 0 Å². The second-order valence-electron chi connectivity index (χ2n) is 7.04. The van der Waals surface area contributed by atoms with E-state index in [2.05, 4.69) is 32.3 Å². The Bertz CT molecular complexity index is 959. The predicted octanol–water partition coefficient (Wildman–Crippen LogP) is 2.73. The van der Waals surface area contributed by atoms with Crippen LogP contribution >= 0.6 is 11.3 Å². The number of fused-ring (bicyclic) bond motifs is 1. The quantitative estimate of drug-likeness (QED) is 0.737. The molecule has 5 rings (SSSR count). The molecule has 0 atom stereocenters. The van der Waals surface area contributed by atoms with Gasteiger partial charge in [-0.1, -0.05) is 0 Å². The van der Waals surface area contributed by atoms with Gasteiger partial charge in [0.05, 0.1) is 12.6 Å². The zero-order valence-electron chi connectivity index (χ0n) is 14.8. The molecule has 0 saturated heterocycles. The average Bonchev–Trinajstić information content (AvgIpc) is 3.24. The van der Waals surface area contributed by atoms with Crippen LogP contribution in [0.5, 0.6) is 0 Å². The molecule has 1 aromatic carbocycles. The van der Waals surface area contributed by atoms with E-state index in [-0.39, 0.29) is 5.91 Å². The van der Waals surface area contributed by atoms with Gasteiger partial charge in [0.25, 0.3) is 0 Å². The summed E-state index contributed by atoms with van der Waals surface area (Å²) in [6.45, 7) is 1.83. The van der Waals surface area contributed by atoms with Gasteiger partial charge >= 0.3 is 0 Å². The number of rotatable bonds is 5. The molecule has 2 aliphatic rings. The van der Waals surface area contributed by atoms with E-state index in [4.69, 9.17) is 0 Å². The van der Waals surface area contributed by atoms with Gasteiger partial charge in [0.1, 0.15) is 0 Å². The standard InChI is InChI=1S/C19H20N6OS/c26-18(24-9-7-17-14(12-24)8-10-27-17)11-20-15-3-1-13(2-4-15)19-21-22-23-25(19)16-5-6-16/h1-4,8,10,16,20H,5-7,9,11-12H2. The van der Waals surface area contributed by atoms with Gasteiger partial charge in [0.2, 0.25) is 5.91 Å². The minimum atomic E-state index is 0.133. The van der Waals surface area contributed by atoms with E-state index < -0.39 is 0 Å². The number of anilines is 1. The lowest BCUT2D eigenvalue weighted by Gasteiger charge is -2.27. The Balaban J connectivity index is 1.20. The number of carbonyl (C=O) groups is 1. The summed E-state index contributed by atoms with van der Waals surface area (Å²) in [6.07, 6.45) is 3.25. The number of hydrogen-bond acceptors (Lipinski definition) is 6. The topological polar surface area (TPSA) is 75.9 Å². The number of hydrogen-bond donors (Lipinski definition) is 1. The molecule has 1 saturated carbocycles. The lowest BCUT2D eigenvalue weighted by atomic mass is 10.1. The molecule has 1 aliphatic carbocycles. The van der Waals surface area contributed by atoms with Crippen molar-refractivity contribution in [3.8, 4) is 11.4 Å². The Labute approximate surface area is 161 Å². The second-order valence-corrected chi connectivity index (χ2v) is 8.04. The van der Waals surface area contributed by atoms with Crippen molar-refractivity contribution in [1.82, 2.24) is 25.1 Å². The molecule has 3 aromatic rings. The van der Waals surface area contributed by atoms with Crippen LogP contribution in [-0.4, -0.2) is 44.1 Å². The fraction of sp³-hybridized carbons (Fsp3) is 0.368. The Kier molecular flexibility index (Phi) is 4.12. The third kappa shape index (κ3) is 3.32. The number of nitrogens with one attached hydrogen (secondary N) is 1. The SMILES string of the molecule is O=C(CNc1ccc(-c2nnnn2C2CC2)cc1)N1CCc2sccc2C1. The molecule has 7 nitrogen and oxygen atoms in total. The van der Waals surface area contributed by atoms with E-state index in [1.54, 1.807) is 11.3 Å². The zero-order valence-corrected chi connectivity index (χ0v) is 15.7. The highest BCUT2D eigenvalue weighted by Gasteiger charge is 2.28. The monoisotopic (exact) mass is 380 g/mol. The van der Waals surface area contributed by atoms with Crippen molar-refractivity contribution in [3.05, 3.63) is 46.2 Å². The van der Waals surface area contributed by atoms with Crippen molar-refractivity contribution < 1.29 is 4.79 Å². The molecular formula is C19H20N6OS. The van der Waals surface area contributed by atoms with Crippen LogP contribution in [0.25, 0.3) is 11.4 Å². The van der Waals surface area contributed by atoms with Crippen LogP contribution in [0.1, 0.15) is 29.3 Å². The first-order valence-electron chi connectivity index (χ1n) is 9.23. The second kappa shape index (κ2) is 6.77. The summed E-state index contributed by atoms with van der Waals surface area (Å²) >= 11 is 1.79. The number of thiophene rings is 1. The Morgan fingerprint density at radius 2 is 2.07 bits per heavy atom. The summed E-state index contributed by atoms with van der Waals surface area (Å²) in [6, 6.07) is 10.5. The first-order valence-corrected chi connectivity index (χ1v) is 10.1. The van der Waals surface area contributed by atoms with Gasteiger partial charge in [-0.15, -0.1) is 16.4 Å². The highest BCUT2D eigenvalue weighted by molar-refractivity contribution is 7.10. The summed E-state index contributed by atoms with van der Waals surface area (Å²) in [5.74, 6) is 0.939.